The van der Waals surface area contributed by atoms with Crippen LogP contribution in [0.1, 0.15) is 26.7 Å². The van der Waals surface area contributed by atoms with Crippen LogP contribution in [0, 0.1) is 0 Å². The van der Waals surface area contributed by atoms with Crippen molar-refractivity contribution in [2.45, 2.75) is 39.3 Å². The minimum Gasteiger partial charge on any atom is -0.481 e. The fraction of sp³-hybridized carbons (Fsp3) is 0.615. The van der Waals surface area contributed by atoms with Gasteiger partial charge in [0.2, 0.25) is 0 Å². The molecule has 1 rings (SSSR count). The SMILES string of the molecule is CC(C)N(CCC(=O)O)C(=O)NCCCn1cccn1. The van der Waals surface area contributed by atoms with Crippen molar-refractivity contribution in [1.82, 2.24) is 20.0 Å². The molecule has 0 aliphatic carbocycles. The summed E-state index contributed by atoms with van der Waals surface area (Å²) < 4.78 is 1.80. The lowest BCUT2D eigenvalue weighted by Crippen LogP contribution is -2.45. The molecule has 0 saturated heterocycles. The zero-order valence-corrected chi connectivity index (χ0v) is 12.0. The summed E-state index contributed by atoms with van der Waals surface area (Å²) in [6, 6.07) is 1.60. The minimum absolute atomic E-state index is 0.0273. The van der Waals surface area contributed by atoms with Crippen LogP contribution >= 0.6 is 0 Å². The van der Waals surface area contributed by atoms with Gasteiger partial charge in [0.25, 0.3) is 0 Å². The Morgan fingerprint density at radius 1 is 1.45 bits per heavy atom. The summed E-state index contributed by atoms with van der Waals surface area (Å²) in [4.78, 5) is 24.1. The van der Waals surface area contributed by atoms with Crippen molar-refractivity contribution in [2.24, 2.45) is 0 Å². The molecule has 0 radical (unpaired) electrons. The van der Waals surface area contributed by atoms with Crippen LogP contribution in [0.4, 0.5) is 4.79 Å². The molecule has 0 fully saturated rings. The Bertz CT molecular complexity index is 417. The van der Waals surface area contributed by atoms with Crippen molar-refractivity contribution in [3.05, 3.63) is 18.5 Å². The van der Waals surface area contributed by atoms with Crippen LogP contribution in [0.3, 0.4) is 0 Å². The van der Waals surface area contributed by atoms with E-state index in [0.29, 0.717) is 6.54 Å². The van der Waals surface area contributed by atoms with Gasteiger partial charge in [-0.2, -0.15) is 5.10 Å². The number of urea groups is 1. The average Bonchev–Trinajstić information content (AvgIpc) is 2.87. The molecule has 1 aromatic rings. The van der Waals surface area contributed by atoms with Gasteiger partial charge in [-0.05, 0) is 26.3 Å². The Morgan fingerprint density at radius 3 is 2.75 bits per heavy atom. The predicted molar refractivity (Wildman–Crippen MR) is 74.3 cm³/mol. The number of aliphatic carboxylic acids is 1. The second-order valence-electron chi connectivity index (χ2n) is 4.79. The highest BCUT2D eigenvalue weighted by Crippen LogP contribution is 2.01. The Hall–Kier alpha value is -2.05. The zero-order chi connectivity index (χ0) is 15.0. The molecule has 2 N–H and O–H groups in total. The predicted octanol–water partition coefficient (Wildman–Crippen LogP) is 1.17. The lowest BCUT2D eigenvalue weighted by molar-refractivity contribution is -0.137. The number of carboxylic acids is 1. The van der Waals surface area contributed by atoms with Crippen molar-refractivity contribution in [3.63, 3.8) is 0 Å². The monoisotopic (exact) mass is 282 g/mol. The molecule has 1 aromatic heterocycles. The summed E-state index contributed by atoms with van der Waals surface area (Å²) in [5.74, 6) is -0.901. The molecule has 0 saturated carbocycles. The number of hydrogen-bond donors (Lipinski definition) is 2. The molecule has 112 valence electrons. The van der Waals surface area contributed by atoms with E-state index >= 15 is 0 Å². The molecule has 7 heteroatoms. The molecule has 0 aromatic carbocycles. The number of carbonyl (C=O) groups excluding carboxylic acids is 1. The third-order valence-electron chi connectivity index (χ3n) is 2.85. The molecule has 0 spiro atoms. The Kier molecular flexibility index (Phi) is 6.55. The number of hydrogen-bond acceptors (Lipinski definition) is 3. The first-order valence-corrected chi connectivity index (χ1v) is 6.74. The van der Waals surface area contributed by atoms with E-state index < -0.39 is 5.97 Å². The number of amides is 2. The lowest BCUT2D eigenvalue weighted by atomic mass is 10.3. The molecule has 0 unspecified atom stereocenters. The minimum atomic E-state index is -0.901. The van der Waals surface area contributed by atoms with Gasteiger partial charge in [0.15, 0.2) is 0 Å². The van der Waals surface area contributed by atoms with E-state index in [1.54, 1.807) is 10.9 Å². The summed E-state index contributed by atoms with van der Waals surface area (Å²) in [7, 11) is 0. The van der Waals surface area contributed by atoms with E-state index in [1.807, 2.05) is 26.1 Å². The molecule has 0 aliphatic rings. The molecule has 1 heterocycles. The zero-order valence-electron chi connectivity index (χ0n) is 12.0. The highest BCUT2D eigenvalue weighted by molar-refractivity contribution is 5.75. The molecule has 0 aliphatic heterocycles. The number of rotatable bonds is 8. The fourth-order valence-electron chi connectivity index (χ4n) is 1.78. The van der Waals surface area contributed by atoms with E-state index in [0.717, 1.165) is 13.0 Å². The van der Waals surface area contributed by atoms with Crippen LogP contribution in [0.15, 0.2) is 18.5 Å². The van der Waals surface area contributed by atoms with E-state index in [1.165, 1.54) is 4.90 Å². The van der Waals surface area contributed by atoms with E-state index in [9.17, 15) is 9.59 Å². The first-order chi connectivity index (χ1) is 9.50. The summed E-state index contributed by atoms with van der Waals surface area (Å²) in [5, 5.41) is 15.6. The number of nitrogens with one attached hydrogen (secondary N) is 1. The third kappa shape index (κ3) is 5.73. The van der Waals surface area contributed by atoms with E-state index in [-0.39, 0.29) is 25.0 Å². The van der Waals surface area contributed by atoms with Crippen LogP contribution in [0.25, 0.3) is 0 Å². The van der Waals surface area contributed by atoms with Gasteiger partial charge in [0.1, 0.15) is 0 Å². The van der Waals surface area contributed by atoms with Crippen LogP contribution in [0.5, 0.6) is 0 Å². The van der Waals surface area contributed by atoms with Crippen molar-refractivity contribution >= 4 is 12.0 Å². The molecule has 0 atom stereocenters. The molecule has 7 nitrogen and oxygen atoms in total. The van der Waals surface area contributed by atoms with Gasteiger partial charge in [-0.3, -0.25) is 9.48 Å². The average molecular weight is 282 g/mol. The molecule has 20 heavy (non-hydrogen) atoms. The second-order valence-corrected chi connectivity index (χ2v) is 4.79. The standard InChI is InChI=1S/C13H22N4O3/c1-11(2)17(10-5-12(18)19)13(20)14-6-3-8-16-9-4-7-15-16/h4,7,9,11H,3,5-6,8,10H2,1-2H3,(H,14,20)(H,18,19). The lowest BCUT2D eigenvalue weighted by Gasteiger charge is -2.26. The van der Waals surface area contributed by atoms with Gasteiger partial charge in [-0.15, -0.1) is 0 Å². The van der Waals surface area contributed by atoms with Gasteiger partial charge in [0, 0.05) is 38.1 Å². The molecular formula is C13H22N4O3. The fourth-order valence-corrected chi connectivity index (χ4v) is 1.78. The van der Waals surface area contributed by atoms with Gasteiger partial charge < -0.3 is 15.3 Å². The summed E-state index contributed by atoms with van der Waals surface area (Å²) >= 11 is 0. The maximum Gasteiger partial charge on any atom is 0.317 e. The van der Waals surface area contributed by atoms with Crippen molar-refractivity contribution in [1.29, 1.82) is 0 Å². The maximum atomic E-state index is 12.0. The smallest absolute Gasteiger partial charge is 0.317 e. The van der Waals surface area contributed by atoms with Crippen LogP contribution in [-0.4, -0.2) is 50.9 Å². The molecule has 2 amide bonds. The topological polar surface area (TPSA) is 87.5 Å². The molecule has 0 bridgehead atoms. The van der Waals surface area contributed by atoms with E-state index in [4.69, 9.17) is 5.11 Å². The summed E-state index contributed by atoms with van der Waals surface area (Å²) in [6.07, 6.45) is 4.32. The van der Waals surface area contributed by atoms with Gasteiger partial charge in [0.05, 0.1) is 6.42 Å². The van der Waals surface area contributed by atoms with Crippen molar-refractivity contribution < 1.29 is 14.7 Å². The van der Waals surface area contributed by atoms with Crippen LogP contribution in [-0.2, 0) is 11.3 Å². The quantitative estimate of drug-likeness (QED) is 0.701. The highest BCUT2D eigenvalue weighted by atomic mass is 16.4. The molecular weight excluding hydrogens is 260 g/mol. The number of carbonyl (C=O) groups is 2. The first-order valence-electron chi connectivity index (χ1n) is 6.74. The third-order valence-corrected chi connectivity index (χ3v) is 2.85. The normalized spacial score (nSPS) is 10.6. The van der Waals surface area contributed by atoms with Gasteiger partial charge >= 0.3 is 12.0 Å². The Labute approximate surface area is 118 Å². The number of aryl methyl sites for hydroxylation is 1. The van der Waals surface area contributed by atoms with Crippen LogP contribution in [0.2, 0.25) is 0 Å². The Morgan fingerprint density at radius 2 is 2.20 bits per heavy atom. The van der Waals surface area contributed by atoms with E-state index in [2.05, 4.69) is 10.4 Å². The van der Waals surface area contributed by atoms with Crippen molar-refractivity contribution in [2.75, 3.05) is 13.1 Å². The van der Waals surface area contributed by atoms with Crippen LogP contribution < -0.4 is 5.32 Å². The number of nitrogens with zero attached hydrogens (tertiary/aromatic N) is 3. The largest absolute Gasteiger partial charge is 0.481 e. The maximum absolute atomic E-state index is 12.0. The number of carboxylic acid groups (broad SMARTS) is 1. The summed E-state index contributed by atoms with van der Waals surface area (Å²) in [5.41, 5.74) is 0. The van der Waals surface area contributed by atoms with Gasteiger partial charge in [-0.25, -0.2) is 4.79 Å². The number of aromatic nitrogens is 2. The second kappa shape index (κ2) is 8.19. The highest BCUT2D eigenvalue weighted by Gasteiger charge is 2.17. The Balaban J connectivity index is 2.28. The summed E-state index contributed by atoms with van der Waals surface area (Å²) in [6.45, 7) is 5.23. The first kappa shape index (κ1) is 16.0. The van der Waals surface area contributed by atoms with Gasteiger partial charge in [-0.1, -0.05) is 0 Å². The van der Waals surface area contributed by atoms with Crippen molar-refractivity contribution in [3.8, 4) is 0 Å².